The number of nitrogens with zero attached hydrogens (tertiary/aromatic N) is 2. The van der Waals surface area contributed by atoms with Gasteiger partial charge in [0.15, 0.2) is 0 Å². The Labute approximate surface area is 199 Å². The van der Waals surface area contributed by atoms with Crippen LogP contribution in [0.5, 0.6) is 5.75 Å². The quantitative estimate of drug-likeness (QED) is 0.533. The van der Waals surface area contributed by atoms with Crippen LogP contribution in [0.25, 0.3) is 0 Å². The molecule has 2 fully saturated rings. The molecule has 3 amide bonds. The fourth-order valence-electron chi connectivity index (χ4n) is 4.46. The lowest BCUT2D eigenvalue weighted by Gasteiger charge is -2.42. The standard InChI is InChI=1S/C24H34N4O6/c1-16(29)27-12-13-28(23(31)18-8-10-25-11-9-18)21(15-27)22(30)26-20(24(32)34-3)14-17-4-6-19(33-2)7-5-17/h4-7,18,20-21,25H,8-15H2,1-3H3,(H,26,30)/t20-,21+/m0/s1. The van der Waals surface area contributed by atoms with Crippen LogP contribution < -0.4 is 15.4 Å². The molecule has 186 valence electrons. The zero-order valence-corrected chi connectivity index (χ0v) is 20.0. The number of piperazine rings is 1. The number of rotatable bonds is 7. The number of carbonyl (C=O) groups excluding carboxylic acids is 4. The van der Waals surface area contributed by atoms with Gasteiger partial charge in [-0.1, -0.05) is 12.1 Å². The molecule has 2 aliphatic heterocycles. The molecule has 0 bridgehead atoms. The van der Waals surface area contributed by atoms with Gasteiger partial charge in [-0.15, -0.1) is 0 Å². The summed E-state index contributed by atoms with van der Waals surface area (Å²) in [7, 11) is 2.83. The first kappa shape index (κ1) is 25.5. The Balaban J connectivity index is 1.77. The molecule has 34 heavy (non-hydrogen) atoms. The van der Waals surface area contributed by atoms with Gasteiger partial charge in [0.25, 0.3) is 0 Å². The monoisotopic (exact) mass is 474 g/mol. The number of ether oxygens (including phenoxy) is 2. The minimum atomic E-state index is -0.936. The number of esters is 1. The summed E-state index contributed by atoms with van der Waals surface area (Å²) in [5.74, 6) is -0.766. The van der Waals surface area contributed by atoms with E-state index in [0.29, 0.717) is 25.1 Å². The Morgan fingerprint density at radius 1 is 1.09 bits per heavy atom. The maximum atomic E-state index is 13.4. The van der Waals surface area contributed by atoms with E-state index >= 15 is 0 Å². The number of hydrogen-bond acceptors (Lipinski definition) is 7. The van der Waals surface area contributed by atoms with Crippen LogP contribution in [0.3, 0.4) is 0 Å². The molecular formula is C24H34N4O6. The van der Waals surface area contributed by atoms with Gasteiger partial charge in [0.1, 0.15) is 17.8 Å². The number of carbonyl (C=O) groups is 4. The summed E-state index contributed by atoms with van der Waals surface area (Å²) in [6.07, 6.45) is 1.64. The minimum absolute atomic E-state index is 0.0744. The van der Waals surface area contributed by atoms with Crippen molar-refractivity contribution < 1.29 is 28.7 Å². The molecule has 1 aromatic carbocycles. The van der Waals surface area contributed by atoms with E-state index in [-0.39, 0.29) is 37.2 Å². The summed E-state index contributed by atoms with van der Waals surface area (Å²) in [4.78, 5) is 54.3. The van der Waals surface area contributed by atoms with Crippen molar-refractivity contribution >= 4 is 23.7 Å². The second kappa shape index (κ2) is 11.8. The van der Waals surface area contributed by atoms with Crippen LogP contribution >= 0.6 is 0 Å². The Bertz CT molecular complexity index is 884. The summed E-state index contributed by atoms with van der Waals surface area (Å²) in [5, 5.41) is 6.01. The van der Waals surface area contributed by atoms with Crippen molar-refractivity contribution in [1.29, 1.82) is 0 Å². The van der Waals surface area contributed by atoms with Gasteiger partial charge in [-0.25, -0.2) is 4.79 Å². The number of methoxy groups -OCH3 is 2. The van der Waals surface area contributed by atoms with Gasteiger partial charge in [0.05, 0.1) is 20.8 Å². The van der Waals surface area contributed by atoms with Crippen LogP contribution in [-0.2, 0) is 30.3 Å². The second-order valence-electron chi connectivity index (χ2n) is 8.67. The van der Waals surface area contributed by atoms with E-state index in [1.54, 1.807) is 29.0 Å². The van der Waals surface area contributed by atoms with Gasteiger partial charge < -0.3 is 29.9 Å². The van der Waals surface area contributed by atoms with Crippen molar-refractivity contribution in [1.82, 2.24) is 20.4 Å². The molecule has 3 rings (SSSR count). The van der Waals surface area contributed by atoms with Crippen molar-refractivity contribution in [2.24, 2.45) is 5.92 Å². The van der Waals surface area contributed by atoms with Crippen molar-refractivity contribution in [2.75, 3.05) is 46.9 Å². The normalized spacial score (nSPS) is 19.8. The highest BCUT2D eigenvalue weighted by molar-refractivity contribution is 5.92. The Kier molecular flexibility index (Phi) is 8.86. The molecule has 2 aliphatic rings. The third kappa shape index (κ3) is 6.25. The molecular weight excluding hydrogens is 440 g/mol. The largest absolute Gasteiger partial charge is 0.497 e. The highest BCUT2D eigenvalue weighted by Gasteiger charge is 2.40. The molecule has 0 spiro atoms. The van der Waals surface area contributed by atoms with Crippen molar-refractivity contribution in [2.45, 2.75) is 38.3 Å². The molecule has 0 aliphatic carbocycles. The number of amides is 3. The SMILES string of the molecule is COC(=O)[C@H](Cc1ccc(OC)cc1)NC(=O)[C@H]1CN(C(C)=O)CCN1C(=O)C1CCNCC1. The average Bonchev–Trinajstić information content (AvgIpc) is 2.87. The van der Waals surface area contributed by atoms with Crippen molar-refractivity contribution in [3.8, 4) is 5.75 Å². The summed E-state index contributed by atoms with van der Waals surface area (Å²) in [5.41, 5.74) is 0.813. The van der Waals surface area contributed by atoms with Crippen molar-refractivity contribution in [3.63, 3.8) is 0 Å². The van der Waals surface area contributed by atoms with Gasteiger partial charge in [0.2, 0.25) is 17.7 Å². The fraction of sp³-hybridized carbons (Fsp3) is 0.583. The third-order valence-electron chi connectivity index (χ3n) is 6.50. The number of hydrogen-bond donors (Lipinski definition) is 2. The molecule has 0 saturated carbocycles. The van der Waals surface area contributed by atoms with E-state index in [9.17, 15) is 19.2 Å². The van der Waals surface area contributed by atoms with Gasteiger partial charge in [-0.3, -0.25) is 14.4 Å². The van der Waals surface area contributed by atoms with E-state index in [0.717, 1.165) is 18.7 Å². The average molecular weight is 475 g/mol. The molecule has 0 aromatic heterocycles. The predicted molar refractivity (Wildman–Crippen MR) is 124 cm³/mol. The first-order valence-corrected chi connectivity index (χ1v) is 11.6. The van der Waals surface area contributed by atoms with Crippen LogP contribution in [0.1, 0.15) is 25.3 Å². The fourth-order valence-corrected chi connectivity index (χ4v) is 4.46. The van der Waals surface area contributed by atoms with Gasteiger partial charge in [-0.2, -0.15) is 0 Å². The summed E-state index contributed by atoms with van der Waals surface area (Å²) in [6, 6.07) is 5.36. The lowest BCUT2D eigenvalue weighted by molar-refractivity contribution is -0.152. The topological polar surface area (TPSA) is 117 Å². The first-order chi connectivity index (χ1) is 16.3. The Hall–Kier alpha value is -3.14. The van der Waals surface area contributed by atoms with E-state index in [4.69, 9.17) is 9.47 Å². The van der Waals surface area contributed by atoms with Crippen molar-refractivity contribution in [3.05, 3.63) is 29.8 Å². The van der Waals surface area contributed by atoms with E-state index in [1.807, 2.05) is 12.1 Å². The van der Waals surface area contributed by atoms with E-state index < -0.39 is 24.0 Å². The lowest BCUT2D eigenvalue weighted by atomic mass is 9.95. The molecule has 2 atom stereocenters. The van der Waals surface area contributed by atoms with Crippen LogP contribution in [-0.4, -0.2) is 92.5 Å². The third-order valence-corrected chi connectivity index (χ3v) is 6.50. The van der Waals surface area contributed by atoms with Crippen LogP contribution in [0.15, 0.2) is 24.3 Å². The van der Waals surface area contributed by atoms with E-state index in [1.165, 1.54) is 14.0 Å². The minimum Gasteiger partial charge on any atom is -0.497 e. The number of piperidine rings is 1. The maximum absolute atomic E-state index is 13.4. The molecule has 10 nitrogen and oxygen atoms in total. The number of nitrogens with one attached hydrogen (secondary N) is 2. The molecule has 0 unspecified atom stereocenters. The Morgan fingerprint density at radius 3 is 2.35 bits per heavy atom. The summed E-state index contributed by atoms with van der Waals surface area (Å²) >= 11 is 0. The molecule has 10 heteroatoms. The smallest absolute Gasteiger partial charge is 0.328 e. The zero-order valence-electron chi connectivity index (χ0n) is 20.0. The zero-order chi connectivity index (χ0) is 24.7. The van der Waals surface area contributed by atoms with Gasteiger partial charge in [0, 0.05) is 32.4 Å². The predicted octanol–water partition coefficient (Wildman–Crippen LogP) is -0.0456. The summed E-state index contributed by atoms with van der Waals surface area (Å²) in [6.45, 7) is 3.71. The molecule has 0 radical (unpaired) electrons. The molecule has 1 aromatic rings. The van der Waals surface area contributed by atoms with Crippen LogP contribution in [0, 0.1) is 5.92 Å². The first-order valence-electron chi connectivity index (χ1n) is 11.6. The molecule has 2 N–H and O–H groups in total. The molecule has 2 saturated heterocycles. The number of benzene rings is 1. The van der Waals surface area contributed by atoms with Crippen LogP contribution in [0.2, 0.25) is 0 Å². The Morgan fingerprint density at radius 2 is 1.76 bits per heavy atom. The van der Waals surface area contributed by atoms with E-state index in [2.05, 4.69) is 10.6 Å². The lowest BCUT2D eigenvalue weighted by Crippen LogP contribution is -2.63. The molecule has 2 heterocycles. The van der Waals surface area contributed by atoms with Gasteiger partial charge in [-0.05, 0) is 43.6 Å². The highest BCUT2D eigenvalue weighted by Crippen LogP contribution is 2.20. The summed E-state index contributed by atoms with van der Waals surface area (Å²) < 4.78 is 10.1. The maximum Gasteiger partial charge on any atom is 0.328 e. The second-order valence-corrected chi connectivity index (χ2v) is 8.67. The van der Waals surface area contributed by atoms with Crippen LogP contribution in [0.4, 0.5) is 0 Å². The highest BCUT2D eigenvalue weighted by atomic mass is 16.5. The van der Waals surface area contributed by atoms with Gasteiger partial charge >= 0.3 is 5.97 Å².